The van der Waals surface area contributed by atoms with Crippen LogP contribution in [-0.2, 0) is 16.0 Å². The minimum absolute atomic E-state index is 0.0852. The lowest BCUT2D eigenvalue weighted by atomic mass is 9.94. The maximum absolute atomic E-state index is 11.8. The van der Waals surface area contributed by atoms with Gasteiger partial charge in [-0.05, 0) is 18.4 Å². The van der Waals surface area contributed by atoms with E-state index in [9.17, 15) is 9.90 Å². The summed E-state index contributed by atoms with van der Waals surface area (Å²) in [6.45, 7) is 2.75. The van der Waals surface area contributed by atoms with Crippen LogP contribution in [0, 0.1) is 5.92 Å². The van der Waals surface area contributed by atoms with Gasteiger partial charge in [-0.3, -0.25) is 4.79 Å². The van der Waals surface area contributed by atoms with E-state index in [1.807, 2.05) is 30.3 Å². The van der Waals surface area contributed by atoms with Crippen LogP contribution in [0.2, 0.25) is 0 Å². The lowest BCUT2D eigenvalue weighted by Gasteiger charge is -2.22. The number of nitrogens with one attached hydrogen (secondary N) is 1. The van der Waals surface area contributed by atoms with Crippen LogP contribution in [0.4, 0.5) is 0 Å². The zero-order valence-electron chi connectivity index (χ0n) is 12.8. The number of aliphatic hydroxyl groups excluding tert-OH is 1. The first-order valence-electron chi connectivity index (χ1n) is 7.28. The van der Waals surface area contributed by atoms with Crippen LogP contribution < -0.4 is 11.1 Å². The molecule has 0 unspecified atom stereocenters. The van der Waals surface area contributed by atoms with E-state index in [4.69, 9.17) is 10.5 Å². The third-order valence-corrected chi connectivity index (χ3v) is 3.46. The van der Waals surface area contributed by atoms with E-state index in [0.29, 0.717) is 26.0 Å². The molecule has 1 aromatic rings. The summed E-state index contributed by atoms with van der Waals surface area (Å²) in [6.07, 6.45) is 0.251. The second-order valence-corrected chi connectivity index (χ2v) is 5.34. The number of benzene rings is 1. The molecular weight excluding hydrogens is 268 g/mol. The van der Waals surface area contributed by atoms with Crippen LogP contribution in [-0.4, -0.2) is 43.4 Å². The SMILES string of the molecule is COCCNC(=O)[C@H](C)C[C@H](O)[C@@H](N)Cc1ccccc1. The molecule has 0 spiro atoms. The van der Waals surface area contributed by atoms with E-state index in [1.54, 1.807) is 14.0 Å². The molecule has 0 fully saturated rings. The van der Waals surface area contributed by atoms with E-state index in [1.165, 1.54) is 0 Å². The van der Waals surface area contributed by atoms with Crippen molar-refractivity contribution in [2.45, 2.75) is 31.9 Å². The van der Waals surface area contributed by atoms with Crippen molar-refractivity contribution in [3.05, 3.63) is 35.9 Å². The highest BCUT2D eigenvalue weighted by molar-refractivity contribution is 5.78. The Labute approximate surface area is 126 Å². The molecule has 0 aromatic heterocycles. The highest BCUT2D eigenvalue weighted by atomic mass is 16.5. The number of nitrogens with two attached hydrogens (primary N) is 1. The normalized spacial score (nSPS) is 15.2. The molecule has 0 aliphatic carbocycles. The Morgan fingerprint density at radius 3 is 2.67 bits per heavy atom. The lowest BCUT2D eigenvalue weighted by molar-refractivity contribution is -0.125. The van der Waals surface area contributed by atoms with Gasteiger partial charge in [0.25, 0.3) is 0 Å². The van der Waals surface area contributed by atoms with Gasteiger partial charge in [0.05, 0.1) is 12.7 Å². The highest BCUT2D eigenvalue weighted by Gasteiger charge is 2.22. The van der Waals surface area contributed by atoms with Crippen molar-refractivity contribution in [3.63, 3.8) is 0 Å². The largest absolute Gasteiger partial charge is 0.391 e. The van der Waals surface area contributed by atoms with E-state index in [2.05, 4.69) is 5.32 Å². The Morgan fingerprint density at radius 1 is 1.38 bits per heavy atom. The number of hydrogen-bond acceptors (Lipinski definition) is 4. The van der Waals surface area contributed by atoms with Crippen LogP contribution in [0.3, 0.4) is 0 Å². The summed E-state index contributed by atoms with van der Waals surface area (Å²) in [7, 11) is 1.59. The van der Waals surface area contributed by atoms with E-state index >= 15 is 0 Å². The highest BCUT2D eigenvalue weighted by Crippen LogP contribution is 2.12. The quantitative estimate of drug-likeness (QED) is 0.586. The van der Waals surface area contributed by atoms with Crippen molar-refractivity contribution in [3.8, 4) is 0 Å². The first kappa shape index (κ1) is 17.6. The first-order chi connectivity index (χ1) is 10.0. The standard InChI is InChI=1S/C16H26N2O3/c1-12(16(20)18-8-9-21-2)10-15(19)14(17)11-13-6-4-3-5-7-13/h3-7,12,14-15,19H,8-11,17H2,1-2H3,(H,18,20)/t12-,14+,15+/m1/s1. The zero-order valence-corrected chi connectivity index (χ0v) is 12.8. The Balaban J connectivity index is 2.37. The molecule has 5 nitrogen and oxygen atoms in total. The number of carbonyl (C=O) groups excluding carboxylic acids is 1. The van der Waals surface area contributed by atoms with Crippen LogP contribution in [0.5, 0.6) is 0 Å². The van der Waals surface area contributed by atoms with Crippen LogP contribution in [0.15, 0.2) is 30.3 Å². The number of amides is 1. The topological polar surface area (TPSA) is 84.6 Å². The van der Waals surface area contributed by atoms with Crippen molar-refractivity contribution in [2.75, 3.05) is 20.3 Å². The van der Waals surface area contributed by atoms with Gasteiger partial charge in [0, 0.05) is 25.6 Å². The number of rotatable bonds is 9. The second-order valence-electron chi connectivity index (χ2n) is 5.34. The molecule has 4 N–H and O–H groups in total. The van der Waals surface area contributed by atoms with Crippen LogP contribution in [0.1, 0.15) is 18.9 Å². The van der Waals surface area contributed by atoms with Crippen molar-refractivity contribution in [1.82, 2.24) is 5.32 Å². The molecule has 1 aromatic carbocycles. The summed E-state index contributed by atoms with van der Waals surface area (Å²) in [6, 6.07) is 9.42. The fraction of sp³-hybridized carbons (Fsp3) is 0.562. The molecular formula is C16H26N2O3. The van der Waals surface area contributed by atoms with Gasteiger partial charge in [-0.1, -0.05) is 37.3 Å². The minimum atomic E-state index is -0.701. The summed E-state index contributed by atoms with van der Waals surface area (Å²) in [5.41, 5.74) is 7.10. The van der Waals surface area contributed by atoms with Gasteiger partial charge < -0.3 is 20.9 Å². The molecule has 118 valence electrons. The first-order valence-corrected chi connectivity index (χ1v) is 7.28. The van der Waals surface area contributed by atoms with E-state index in [-0.39, 0.29) is 17.9 Å². The average Bonchev–Trinajstić information content (AvgIpc) is 2.48. The lowest BCUT2D eigenvalue weighted by Crippen LogP contribution is -2.40. The summed E-state index contributed by atoms with van der Waals surface area (Å²) in [4.78, 5) is 11.8. The molecule has 1 amide bonds. The number of aliphatic hydroxyl groups is 1. The van der Waals surface area contributed by atoms with Gasteiger partial charge in [0.15, 0.2) is 0 Å². The smallest absolute Gasteiger partial charge is 0.223 e. The molecule has 3 atom stereocenters. The van der Waals surface area contributed by atoms with E-state index < -0.39 is 6.10 Å². The predicted octanol–water partition coefficient (Wildman–Crippen LogP) is 0.706. The molecule has 0 aliphatic heterocycles. The van der Waals surface area contributed by atoms with Crippen LogP contribution >= 0.6 is 0 Å². The Morgan fingerprint density at radius 2 is 2.05 bits per heavy atom. The van der Waals surface area contributed by atoms with Gasteiger partial charge in [-0.2, -0.15) is 0 Å². The Kier molecular flexibility index (Phi) is 7.97. The maximum Gasteiger partial charge on any atom is 0.223 e. The summed E-state index contributed by atoms with van der Waals surface area (Å²) in [5.74, 6) is -0.364. The predicted molar refractivity (Wildman–Crippen MR) is 82.8 cm³/mol. The van der Waals surface area contributed by atoms with Crippen molar-refractivity contribution < 1.29 is 14.6 Å². The zero-order chi connectivity index (χ0) is 15.7. The molecule has 5 heteroatoms. The average molecular weight is 294 g/mol. The molecule has 21 heavy (non-hydrogen) atoms. The van der Waals surface area contributed by atoms with Gasteiger partial charge >= 0.3 is 0 Å². The van der Waals surface area contributed by atoms with Crippen molar-refractivity contribution in [2.24, 2.45) is 11.7 Å². The number of carbonyl (C=O) groups is 1. The number of hydrogen-bond donors (Lipinski definition) is 3. The molecule has 0 bridgehead atoms. The fourth-order valence-electron chi connectivity index (χ4n) is 2.12. The van der Waals surface area contributed by atoms with E-state index in [0.717, 1.165) is 5.56 Å². The van der Waals surface area contributed by atoms with Crippen molar-refractivity contribution in [1.29, 1.82) is 0 Å². The molecule has 0 saturated carbocycles. The van der Waals surface area contributed by atoms with Gasteiger partial charge in [0.1, 0.15) is 0 Å². The molecule has 0 heterocycles. The van der Waals surface area contributed by atoms with Gasteiger partial charge in [-0.15, -0.1) is 0 Å². The molecule has 1 rings (SSSR count). The summed E-state index contributed by atoms with van der Waals surface area (Å²) >= 11 is 0. The van der Waals surface area contributed by atoms with Crippen molar-refractivity contribution >= 4 is 5.91 Å². The monoisotopic (exact) mass is 294 g/mol. The Hall–Kier alpha value is -1.43. The maximum atomic E-state index is 11.8. The molecule has 0 saturated heterocycles. The van der Waals surface area contributed by atoms with Gasteiger partial charge in [0.2, 0.25) is 5.91 Å². The summed E-state index contributed by atoms with van der Waals surface area (Å²) < 4.78 is 4.87. The molecule has 0 radical (unpaired) electrons. The Bertz CT molecular complexity index is 411. The fourth-order valence-corrected chi connectivity index (χ4v) is 2.12. The third-order valence-electron chi connectivity index (χ3n) is 3.46. The number of ether oxygens (including phenoxy) is 1. The minimum Gasteiger partial charge on any atom is -0.391 e. The van der Waals surface area contributed by atoms with Crippen LogP contribution in [0.25, 0.3) is 0 Å². The number of methoxy groups -OCH3 is 1. The summed E-state index contributed by atoms with van der Waals surface area (Å²) in [5, 5.41) is 12.9. The third kappa shape index (κ3) is 6.71. The second kappa shape index (κ2) is 9.50. The van der Waals surface area contributed by atoms with Gasteiger partial charge in [-0.25, -0.2) is 0 Å². The molecule has 0 aliphatic rings.